The molecule has 0 saturated carbocycles. The maximum absolute atomic E-state index is 13.8. The molecule has 2 unspecified atom stereocenters. The largest absolute Gasteiger partial charge is 1.00 e. The third kappa shape index (κ3) is 33.2. The number of aliphatic carboxylic acids is 1. The zero-order valence-electron chi connectivity index (χ0n) is 75.6. The monoisotopic (exact) mass is 1860 g/mol. The van der Waals surface area contributed by atoms with E-state index in [0.29, 0.717) is 81.7 Å². The van der Waals surface area contributed by atoms with Crippen molar-refractivity contribution in [3.63, 3.8) is 0 Å². The van der Waals surface area contributed by atoms with Crippen molar-refractivity contribution in [2.75, 3.05) is 88.8 Å². The first kappa shape index (κ1) is 110. The number of carboxylic acids is 1. The Morgan fingerprint density at radius 3 is 1.09 bits per heavy atom. The maximum Gasteiger partial charge on any atom is 0.330 e. The minimum atomic E-state index is -2.58. The molecule has 2 aromatic heterocycles. The Morgan fingerprint density at radius 2 is 0.778 bits per heavy atom. The Balaban J connectivity index is 0.000000651. The van der Waals surface area contributed by atoms with Gasteiger partial charge in [-0.15, -0.1) is 0 Å². The molecule has 680 valence electrons. The third-order valence-corrected chi connectivity index (χ3v) is 47.0. The molecular formula is C86H160Br2N6O19P2Si2. The van der Waals surface area contributed by atoms with Crippen LogP contribution >= 0.6 is 14.5 Å². The Kier molecular flexibility index (Phi) is 52.3. The van der Waals surface area contributed by atoms with Crippen molar-refractivity contribution >= 4 is 54.9 Å². The number of carbonyl (C=O) groups is 4. The van der Waals surface area contributed by atoms with Gasteiger partial charge in [-0.2, -0.15) is 0 Å². The van der Waals surface area contributed by atoms with E-state index in [2.05, 4.69) is 145 Å². The number of carboxylic acid groups (broad SMARTS) is 1. The maximum atomic E-state index is 13.8. The summed E-state index contributed by atoms with van der Waals surface area (Å²) in [5.41, 5.74) is -0.502. The van der Waals surface area contributed by atoms with Crippen LogP contribution in [0.15, 0.2) is 43.7 Å². The summed E-state index contributed by atoms with van der Waals surface area (Å²) in [6.45, 7) is 46.8. The van der Waals surface area contributed by atoms with Gasteiger partial charge in [0.25, 0.3) is 11.1 Å². The van der Waals surface area contributed by atoms with Crippen molar-refractivity contribution in [3.8, 4) is 0 Å². The number of nitrogens with zero attached hydrogens (tertiary/aromatic N) is 2. The summed E-state index contributed by atoms with van der Waals surface area (Å²) >= 11 is 0. The minimum Gasteiger partial charge on any atom is -1.00 e. The molecule has 2 aromatic rings. The van der Waals surface area contributed by atoms with Gasteiger partial charge >= 0.3 is 23.3 Å². The van der Waals surface area contributed by atoms with Crippen LogP contribution in [-0.4, -0.2) is 207 Å². The number of carbonyl (C=O) groups excluding carboxylic acids is 3. The van der Waals surface area contributed by atoms with Gasteiger partial charge in [0.2, 0.25) is 28.4 Å². The molecule has 0 spiro atoms. The zero-order valence-corrected chi connectivity index (χ0v) is 82.6. The molecule has 8 atom stereocenters. The molecule has 6 heterocycles. The van der Waals surface area contributed by atoms with E-state index in [0.717, 1.165) is 19.4 Å². The molecule has 25 nitrogen and oxygen atoms in total. The molecule has 4 saturated heterocycles. The van der Waals surface area contributed by atoms with Gasteiger partial charge in [0, 0.05) is 90.7 Å². The highest BCUT2D eigenvalue weighted by atomic mass is 79.9. The highest BCUT2D eigenvalue weighted by Crippen LogP contribution is 2.62. The number of hydrogen-bond acceptors (Lipinski definition) is 18. The van der Waals surface area contributed by atoms with E-state index in [-0.39, 0.29) is 94.5 Å². The number of unbranched alkanes of at least 4 members (excludes halogenated alkanes) is 6. The van der Waals surface area contributed by atoms with Crippen LogP contribution < -0.4 is 67.1 Å². The highest BCUT2D eigenvalue weighted by Gasteiger charge is 2.57. The van der Waals surface area contributed by atoms with Crippen LogP contribution in [0.3, 0.4) is 0 Å². The molecule has 4 aliphatic heterocycles. The first-order valence-electron chi connectivity index (χ1n) is 44.8. The van der Waals surface area contributed by atoms with E-state index in [1.165, 1.54) is 160 Å². The van der Waals surface area contributed by atoms with Gasteiger partial charge in [-0.25, -0.2) is 9.59 Å². The fourth-order valence-electron chi connectivity index (χ4n) is 18.5. The van der Waals surface area contributed by atoms with Crippen LogP contribution in [0, 0.1) is 0 Å². The van der Waals surface area contributed by atoms with Gasteiger partial charge in [-0.3, -0.25) is 47.9 Å². The lowest BCUT2D eigenvalue weighted by molar-refractivity contribution is -0.179. The second-order valence-corrected chi connectivity index (χ2v) is 54.6. The second kappa shape index (κ2) is 55.5. The van der Waals surface area contributed by atoms with E-state index in [9.17, 15) is 43.5 Å². The summed E-state index contributed by atoms with van der Waals surface area (Å²) in [5.74, 6) is -3.31. The Labute approximate surface area is 726 Å². The summed E-state index contributed by atoms with van der Waals surface area (Å²) in [4.78, 5) is 104. The lowest BCUT2D eigenvalue weighted by Gasteiger charge is -2.45. The number of aromatic amines is 2. The summed E-state index contributed by atoms with van der Waals surface area (Å²) in [6.07, 6.45) is 28.5. The molecule has 4 fully saturated rings. The van der Waals surface area contributed by atoms with Crippen molar-refractivity contribution < 1.29 is 105 Å². The van der Waals surface area contributed by atoms with Crippen molar-refractivity contribution in [1.82, 2.24) is 29.7 Å². The van der Waals surface area contributed by atoms with Crippen molar-refractivity contribution in [2.24, 2.45) is 0 Å². The van der Waals surface area contributed by atoms with Crippen LogP contribution in [-0.2, 0) is 61.2 Å². The molecule has 6 N–H and O–H groups in total. The lowest BCUT2D eigenvalue weighted by atomic mass is 10.0. The molecule has 117 heavy (non-hydrogen) atoms. The standard InChI is InChI=1S/C43H78N3O9PSi.C24H46NO5P.C19H34N2O5Si.2BrH/c1-11-15-28-56(29-16-12-2,30-17-13-3)31-18-24-44-36(47)19-22-43(51-26-27-52-43)23-20-38(49)54-39-35(14-4)53-41(46-25-21-37(48)45-42(46)50)40(39)55-57(32(5)6,33(7)8)34(9)10;1-4-7-18-31(19-8-5-2,20-9-6-3)21-10-15-25-22(26)11-13-24(14-12-23(27)28)29-16-17-30-24;1-8-14-16(23)17(26-27(11(2)3,12(4)5)13(6)7)18(25-14)21-10-9-15(22)20-19(21)24;;/h21,25,32-35,39-41H,11-20,22-24,26-31H2,1-10H3,(H-,44,45,47,48,50);4-21H2,1-3H3,(H-,25,26,27,28);9-14,16-18,23H,8H2,1-7H3,(H,20,22,24);2*1H/t35-,39?,40+,41-;;14-,16?,17+,18-;;/m1.1../s1. The number of aliphatic hydroxyl groups excluding tert-OH is 1. The van der Waals surface area contributed by atoms with Crippen molar-refractivity contribution in [2.45, 2.75) is 386 Å². The van der Waals surface area contributed by atoms with E-state index in [1.807, 2.05) is 13.8 Å². The summed E-state index contributed by atoms with van der Waals surface area (Å²) in [5, 5.41) is 26.1. The number of rotatable bonds is 53. The van der Waals surface area contributed by atoms with Crippen LogP contribution in [0.4, 0.5) is 0 Å². The number of aromatic nitrogens is 4. The number of ether oxygens (including phenoxy) is 7. The van der Waals surface area contributed by atoms with E-state index < -0.39 is 126 Å². The van der Waals surface area contributed by atoms with Gasteiger partial charge in [0.1, 0.15) is 18.3 Å². The van der Waals surface area contributed by atoms with E-state index >= 15 is 0 Å². The van der Waals surface area contributed by atoms with Crippen molar-refractivity contribution in [1.29, 1.82) is 0 Å². The van der Waals surface area contributed by atoms with Gasteiger partial charge in [0.05, 0.1) is 101 Å². The molecule has 31 heteroatoms. The number of esters is 1. The average molecular weight is 1860 g/mol. The summed E-state index contributed by atoms with van der Waals surface area (Å²) < 4.78 is 59.0. The summed E-state index contributed by atoms with van der Waals surface area (Å²) in [6, 6.07) is 2.57. The topological polar surface area (TPSA) is 326 Å². The quantitative estimate of drug-likeness (QED) is 0.0155. The molecule has 0 aliphatic carbocycles. The molecule has 0 radical (unpaired) electrons. The number of aliphatic hydroxyl groups is 1. The second-order valence-electron chi connectivity index (χ2n) is 34.8. The van der Waals surface area contributed by atoms with Gasteiger partial charge < -0.3 is 96.8 Å². The Morgan fingerprint density at radius 1 is 0.470 bits per heavy atom. The molecule has 4 aliphatic rings. The fourth-order valence-corrected chi connectivity index (χ4v) is 39.8. The molecule has 0 aromatic carbocycles. The van der Waals surface area contributed by atoms with Crippen LogP contribution in [0.25, 0.3) is 0 Å². The number of amides is 2. The number of H-pyrrole nitrogens is 2. The first-order chi connectivity index (χ1) is 54.6. The number of halogens is 2. The number of nitrogens with one attached hydrogen (secondary N) is 4. The SMILES string of the molecule is CCCC[P+](CCCC)(CCCC)CCCNC(=O)CCC1(CCC(=O)O)OCCO1.CCCC[P+](CCCC)(CCCC)CCCNC(=O)CCC1(CCC(=O)OC2[C@@H](CC)O[C@@H](n3ccc(=O)[nH]c3=O)[C@H]2O[Si](C(C)C)(C(C)C)C(C)C)OCCO1.CC[C@H]1O[C@@H](n2ccc(=O)[nH]c2=O)[C@@H](O[Si](C(C)C)(C(C)C)C(C)C)C1O.[Br-].[Br-]. The van der Waals surface area contributed by atoms with Gasteiger partial charge in [-0.05, 0) is 97.5 Å². The minimum absolute atomic E-state index is 0. The van der Waals surface area contributed by atoms with Crippen molar-refractivity contribution in [3.05, 3.63) is 66.2 Å². The fraction of sp³-hybridized carbons (Fsp3) is 0.860. The molecule has 6 rings (SSSR count). The smallest absolute Gasteiger partial charge is 0.330 e. The summed E-state index contributed by atoms with van der Waals surface area (Å²) in [7, 11) is -6.81. The predicted octanol–water partition coefficient (Wildman–Crippen LogP) is 10.6. The van der Waals surface area contributed by atoms with Gasteiger partial charge in [-0.1, -0.05) is 177 Å². The van der Waals surface area contributed by atoms with Gasteiger partial charge in [0.15, 0.2) is 30.1 Å². The average Bonchev–Trinajstić information content (AvgIpc) is 0.797. The predicted molar refractivity (Wildman–Crippen MR) is 470 cm³/mol. The van der Waals surface area contributed by atoms with Crippen LogP contribution in [0.2, 0.25) is 33.2 Å². The van der Waals surface area contributed by atoms with E-state index in [1.54, 1.807) is 0 Å². The molecule has 0 bridgehead atoms. The van der Waals surface area contributed by atoms with Crippen LogP contribution in [0.1, 0.15) is 305 Å². The molecular weight excluding hydrogens is 1700 g/mol. The first-order valence-corrected chi connectivity index (χ1v) is 54.1. The highest BCUT2D eigenvalue weighted by molar-refractivity contribution is 7.76. The number of hydrogen-bond donors (Lipinski definition) is 6. The van der Waals surface area contributed by atoms with E-state index in [4.69, 9.17) is 47.1 Å². The molecule has 2 amide bonds. The van der Waals surface area contributed by atoms with Crippen LogP contribution in [0.5, 0.6) is 0 Å². The normalized spacial score (nSPS) is 20.6. The lowest BCUT2D eigenvalue weighted by Crippen LogP contribution is -3.00. The third-order valence-electron chi connectivity index (χ3n) is 24.7. The Hall–Kier alpha value is -2.87. The zero-order chi connectivity index (χ0) is 85.7. The Bertz CT molecular complexity index is 3300.